The van der Waals surface area contributed by atoms with Crippen molar-refractivity contribution in [2.45, 2.75) is 18.0 Å². The normalized spacial score (nSPS) is 11.8. The molecule has 0 aliphatic rings. The Labute approximate surface area is 120 Å². The van der Waals surface area contributed by atoms with E-state index in [1.165, 1.54) is 18.0 Å². The third-order valence-corrected chi connectivity index (χ3v) is 3.47. The van der Waals surface area contributed by atoms with Crippen LogP contribution in [-0.2, 0) is 4.79 Å². The van der Waals surface area contributed by atoms with Crippen molar-refractivity contribution >= 4 is 17.7 Å². The predicted octanol–water partition coefficient (Wildman–Crippen LogP) is 1.13. The lowest BCUT2D eigenvalue weighted by molar-refractivity contribution is -0.119. The summed E-state index contributed by atoms with van der Waals surface area (Å²) in [6.45, 7) is 1.92. The molecule has 0 spiro atoms. The van der Waals surface area contributed by atoms with Crippen molar-refractivity contribution in [3.63, 3.8) is 0 Å². The molecule has 2 rings (SSSR count). The van der Waals surface area contributed by atoms with Crippen LogP contribution in [0, 0.1) is 0 Å². The van der Waals surface area contributed by atoms with Crippen LogP contribution < -0.4 is 11.0 Å². The van der Waals surface area contributed by atoms with E-state index >= 15 is 0 Å². The molecule has 0 aliphatic carbocycles. The van der Waals surface area contributed by atoms with Crippen LogP contribution in [0.2, 0.25) is 0 Å². The Hall–Kier alpha value is -2.15. The molecule has 6 nitrogen and oxygen atoms in total. The van der Waals surface area contributed by atoms with Gasteiger partial charge >= 0.3 is 5.69 Å². The Morgan fingerprint density at radius 1 is 1.40 bits per heavy atom. The van der Waals surface area contributed by atoms with Crippen molar-refractivity contribution in [3.8, 4) is 0 Å². The van der Waals surface area contributed by atoms with E-state index in [9.17, 15) is 9.59 Å². The molecule has 2 aromatic rings. The first-order valence-corrected chi connectivity index (χ1v) is 7.02. The average molecular weight is 290 g/mol. The maximum absolute atomic E-state index is 11.8. The van der Waals surface area contributed by atoms with Crippen LogP contribution in [-0.4, -0.2) is 26.8 Å². The molecule has 0 radical (unpaired) electrons. The monoisotopic (exact) mass is 290 g/mol. The lowest BCUT2D eigenvalue weighted by Crippen LogP contribution is -2.28. The largest absolute Gasteiger partial charge is 0.362 e. The molecule has 1 aromatic heterocycles. The number of nitrogens with one attached hydrogen (secondary N) is 2. The highest BCUT2D eigenvalue weighted by atomic mass is 32.2. The van der Waals surface area contributed by atoms with Gasteiger partial charge in [0.1, 0.15) is 5.03 Å². The lowest BCUT2D eigenvalue weighted by atomic mass is 10.1. The average Bonchev–Trinajstić information content (AvgIpc) is 2.46. The maximum atomic E-state index is 11.8. The Kier molecular flexibility index (Phi) is 4.89. The second-order valence-electron chi connectivity index (χ2n) is 4.11. The van der Waals surface area contributed by atoms with Crippen LogP contribution in [0.1, 0.15) is 18.5 Å². The van der Waals surface area contributed by atoms with Gasteiger partial charge < -0.3 is 5.32 Å². The second kappa shape index (κ2) is 6.85. The van der Waals surface area contributed by atoms with Crippen LogP contribution in [0.3, 0.4) is 0 Å². The summed E-state index contributed by atoms with van der Waals surface area (Å²) in [5, 5.41) is 9.11. The van der Waals surface area contributed by atoms with Gasteiger partial charge in [0, 0.05) is 0 Å². The van der Waals surface area contributed by atoms with Crippen LogP contribution in [0.15, 0.2) is 46.3 Å². The van der Waals surface area contributed by atoms with Gasteiger partial charge in [-0.2, -0.15) is 10.1 Å². The van der Waals surface area contributed by atoms with Gasteiger partial charge in [0.05, 0.1) is 18.0 Å². The maximum Gasteiger partial charge on any atom is 0.362 e. The number of thioether (sulfide) groups is 1. The van der Waals surface area contributed by atoms with Gasteiger partial charge in [0.25, 0.3) is 0 Å². The molecule has 7 heteroatoms. The molecule has 1 aromatic carbocycles. The van der Waals surface area contributed by atoms with Crippen molar-refractivity contribution in [2.24, 2.45) is 0 Å². The fourth-order valence-electron chi connectivity index (χ4n) is 1.61. The van der Waals surface area contributed by atoms with E-state index in [1.807, 2.05) is 37.3 Å². The molecular formula is C13H14N4O2S. The zero-order valence-electron chi connectivity index (χ0n) is 10.9. The molecule has 0 aliphatic heterocycles. The van der Waals surface area contributed by atoms with Crippen molar-refractivity contribution in [1.29, 1.82) is 0 Å². The van der Waals surface area contributed by atoms with E-state index in [2.05, 4.69) is 20.5 Å². The first-order chi connectivity index (χ1) is 9.65. The van der Waals surface area contributed by atoms with E-state index in [-0.39, 0.29) is 17.7 Å². The third-order valence-electron chi connectivity index (χ3n) is 2.58. The van der Waals surface area contributed by atoms with Crippen molar-refractivity contribution in [1.82, 2.24) is 20.5 Å². The summed E-state index contributed by atoms with van der Waals surface area (Å²) in [7, 11) is 0. The zero-order chi connectivity index (χ0) is 14.4. The molecule has 1 amide bonds. The van der Waals surface area contributed by atoms with E-state index in [1.54, 1.807) is 0 Å². The number of carbonyl (C=O) groups excluding carboxylic acids is 1. The van der Waals surface area contributed by atoms with E-state index in [4.69, 9.17) is 0 Å². The molecule has 1 atom stereocenters. The highest BCUT2D eigenvalue weighted by molar-refractivity contribution is 7.99. The number of rotatable bonds is 5. The van der Waals surface area contributed by atoms with Gasteiger partial charge in [-0.3, -0.25) is 4.79 Å². The molecule has 2 N–H and O–H groups in total. The third kappa shape index (κ3) is 4.20. The number of aromatic amines is 1. The fourth-order valence-corrected chi connectivity index (χ4v) is 2.25. The summed E-state index contributed by atoms with van der Waals surface area (Å²) in [5.41, 5.74) is 0.523. The molecule has 20 heavy (non-hydrogen) atoms. The highest BCUT2D eigenvalue weighted by Crippen LogP contribution is 2.14. The quantitative estimate of drug-likeness (QED) is 0.806. The van der Waals surface area contributed by atoms with E-state index in [0.29, 0.717) is 5.03 Å². The standard InChI is InChI=1S/C13H14N4O2S/c1-9(10-5-3-2-4-6-10)15-11(18)8-20-12-7-14-17-13(19)16-12/h2-7,9H,8H2,1H3,(H,15,18)(H,16,17,19). The minimum absolute atomic E-state index is 0.0606. The van der Waals surface area contributed by atoms with Crippen LogP contribution in [0.5, 0.6) is 0 Å². The van der Waals surface area contributed by atoms with Gasteiger partial charge in [-0.15, -0.1) is 0 Å². The zero-order valence-corrected chi connectivity index (χ0v) is 11.7. The second-order valence-corrected chi connectivity index (χ2v) is 5.11. The molecule has 0 saturated carbocycles. The lowest BCUT2D eigenvalue weighted by Gasteiger charge is -2.13. The summed E-state index contributed by atoms with van der Waals surface area (Å²) in [6, 6.07) is 9.65. The Morgan fingerprint density at radius 2 is 2.15 bits per heavy atom. The number of amides is 1. The van der Waals surface area contributed by atoms with Crippen LogP contribution in [0.25, 0.3) is 0 Å². The predicted molar refractivity (Wildman–Crippen MR) is 76.4 cm³/mol. The summed E-state index contributed by atoms with van der Waals surface area (Å²) in [4.78, 5) is 26.5. The van der Waals surface area contributed by atoms with E-state index in [0.717, 1.165) is 5.56 Å². The van der Waals surface area contributed by atoms with Gasteiger partial charge in [-0.05, 0) is 12.5 Å². The number of nitrogens with zero attached hydrogens (tertiary/aromatic N) is 2. The molecule has 1 heterocycles. The van der Waals surface area contributed by atoms with Crippen LogP contribution >= 0.6 is 11.8 Å². The molecule has 0 fully saturated rings. The topological polar surface area (TPSA) is 87.7 Å². The van der Waals surface area contributed by atoms with Gasteiger partial charge in [0.15, 0.2) is 0 Å². The highest BCUT2D eigenvalue weighted by Gasteiger charge is 2.10. The number of benzene rings is 1. The van der Waals surface area contributed by atoms with Gasteiger partial charge in [0.2, 0.25) is 5.91 Å². The first kappa shape index (κ1) is 14.3. The Bertz CT molecular complexity index is 630. The Balaban J connectivity index is 1.85. The van der Waals surface area contributed by atoms with Crippen molar-refractivity contribution in [3.05, 3.63) is 52.6 Å². The van der Waals surface area contributed by atoms with E-state index < -0.39 is 5.69 Å². The SMILES string of the molecule is CC(NC(=O)CSc1cn[nH]c(=O)n1)c1ccccc1. The smallest absolute Gasteiger partial charge is 0.349 e. The van der Waals surface area contributed by atoms with Gasteiger partial charge in [-0.25, -0.2) is 9.89 Å². The first-order valence-electron chi connectivity index (χ1n) is 6.04. The van der Waals surface area contributed by atoms with Crippen molar-refractivity contribution < 1.29 is 4.79 Å². The Morgan fingerprint density at radius 3 is 2.85 bits per heavy atom. The number of H-pyrrole nitrogens is 1. The number of hydrogen-bond acceptors (Lipinski definition) is 5. The minimum atomic E-state index is -0.520. The number of carbonyl (C=O) groups is 1. The summed E-state index contributed by atoms with van der Waals surface area (Å²) in [5.74, 6) is 0.0726. The minimum Gasteiger partial charge on any atom is -0.349 e. The molecule has 0 saturated heterocycles. The number of aromatic nitrogens is 3. The van der Waals surface area contributed by atoms with Crippen LogP contribution in [0.4, 0.5) is 0 Å². The molecule has 104 valence electrons. The molecule has 0 bridgehead atoms. The number of hydrogen-bond donors (Lipinski definition) is 2. The molecule has 1 unspecified atom stereocenters. The van der Waals surface area contributed by atoms with Crippen molar-refractivity contribution in [2.75, 3.05) is 5.75 Å². The summed E-state index contributed by atoms with van der Waals surface area (Å²) >= 11 is 1.17. The fraction of sp³-hybridized carbons (Fsp3) is 0.231. The summed E-state index contributed by atoms with van der Waals surface area (Å²) < 4.78 is 0. The van der Waals surface area contributed by atoms with Gasteiger partial charge in [-0.1, -0.05) is 42.1 Å². The summed E-state index contributed by atoms with van der Waals surface area (Å²) in [6.07, 6.45) is 1.42. The molecular weight excluding hydrogens is 276 g/mol.